The zero-order chi connectivity index (χ0) is 14.8. The molecule has 0 radical (unpaired) electrons. The molecule has 0 atom stereocenters. The average Bonchev–Trinajstić information content (AvgIpc) is 2.41. The van der Waals surface area contributed by atoms with Crippen LogP contribution >= 0.6 is 0 Å². The first kappa shape index (κ1) is 16.0. The van der Waals surface area contributed by atoms with Crippen LogP contribution in [0, 0.1) is 0 Å². The summed E-state index contributed by atoms with van der Waals surface area (Å²) in [6, 6.07) is 10.9. The Morgan fingerprint density at radius 1 is 0.952 bits per heavy atom. The van der Waals surface area contributed by atoms with E-state index in [0.29, 0.717) is 0 Å². The first-order valence-electron chi connectivity index (χ1n) is 7.79. The van der Waals surface area contributed by atoms with Crippen LogP contribution in [0.1, 0.15) is 0 Å². The van der Waals surface area contributed by atoms with Gasteiger partial charge in [-0.15, -0.1) is 0 Å². The van der Waals surface area contributed by atoms with Gasteiger partial charge < -0.3 is 0 Å². The number of fused-ring (bicyclic) bond motifs is 6. The van der Waals surface area contributed by atoms with Crippen LogP contribution in [-0.4, -0.2) is 72.0 Å². The molecule has 21 heavy (non-hydrogen) atoms. The van der Waals surface area contributed by atoms with E-state index < -0.39 is 27.7 Å². The van der Waals surface area contributed by atoms with E-state index in [9.17, 15) is 0 Å². The molecule has 4 rings (SSSR count). The van der Waals surface area contributed by atoms with Gasteiger partial charge in [0, 0.05) is 0 Å². The van der Waals surface area contributed by atoms with Crippen molar-refractivity contribution in [2.75, 3.05) is 39.5 Å². The van der Waals surface area contributed by atoms with Gasteiger partial charge in [0.05, 0.1) is 0 Å². The SMILES string of the molecule is C[Si](C)([CH2][Sn]12[O]CCN(CC[O]1)CC[O]2)c1ccccc1. The van der Waals surface area contributed by atoms with Crippen LogP contribution in [0.15, 0.2) is 30.3 Å². The van der Waals surface area contributed by atoms with Crippen LogP contribution in [0.5, 0.6) is 0 Å². The van der Waals surface area contributed by atoms with Crippen molar-refractivity contribution in [1.82, 2.24) is 4.90 Å². The van der Waals surface area contributed by atoms with Crippen LogP contribution in [0.4, 0.5) is 0 Å². The number of hydrogen-bond donors (Lipinski definition) is 0. The van der Waals surface area contributed by atoms with E-state index in [-0.39, 0.29) is 0 Å². The minimum atomic E-state index is -3.37. The summed E-state index contributed by atoms with van der Waals surface area (Å²) in [6.45, 7) is 10.2. The molecule has 3 saturated heterocycles. The van der Waals surface area contributed by atoms with E-state index in [1.807, 2.05) is 0 Å². The van der Waals surface area contributed by atoms with Crippen molar-refractivity contribution in [3.63, 3.8) is 0 Å². The fourth-order valence-electron chi connectivity index (χ4n) is 3.14. The van der Waals surface area contributed by atoms with Crippen molar-refractivity contribution < 1.29 is 9.22 Å². The monoisotopic (exact) mass is 415 g/mol. The van der Waals surface area contributed by atoms with Gasteiger partial charge in [-0.1, -0.05) is 0 Å². The molecule has 1 aromatic rings. The van der Waals surface area contributed by atoms with Crippen LogP contribution in [0.3, 0.4) is 0 Å². The molecular formula is C15H25NO3SiSn. The molecule has 4 nitrogen and oxygen atoms in total. The maximum atomic E-state index is 6.26. The molecule has 2 bridgehead atoms. The van der Waals surface area contributed by atoms with Crippen molar-refractivity contribution in [3.8, 4) is 0 Å². The minimum absolute atomic E-state index is 0.773. The number of hydrogen-bond acceptors (Lipinski definition) is 4. The van der Waals surface area contributed by atoms with Gasteiger partial charge in [-0.25, -0.2) is 0 Å². The molecule has 0 N–H and O–H groups in total. The molecule has 0 aromatic heterocycles. The summed E-state index contributed by atoms with van der Waals surface area (Å²) in [7, 11) is -1.59. The average molecular weight is 414 g/mol. The predicted octanol–water partition coefficient (Wildman–Crippen LogP) is 1.46. The van der Waals surface area contributed by atoms with E-state index in [4.69, 9.17) is 9.22 Å². The van der Waals surface area contributed by atoms with E-state index in [0.717, 1.165) is 43.5 Å². The molecule has 0 aliphatic carbocycles. The predicted molar refractivity (Wildman–Crippen MR) is 88.4 cm³/mol. The molecule has 6 heteroatoms. The molecule has 0 unspecified atom stereocenters. The van der Waals surface area contributed by atoms with Gasteiger partial charge in [0.25, 0.3) is 0 Å². The summed E-state index contributed by atoms with van der Waals surface area (Å²) >= 11 is -3.37. The zero-order valence-corrected chi connectivity index (χ0v) is 16.9. The summed E-state index contributed by atoms with van der Waals surface area (Å²) in [5, 5.41) is 1.47. The molecule has 0 spiro atoms. The Balaban J connectivity index is 1.80. The second-order valence-corrected chi connectivity index (χ2v) is 20.6. The van der Waals surface area contributed by atoms with E-state index in [2.05, 4.69) is 48.3 Å². The number of nitrogens with zero attached hydrogens (tertiary/aromatic N) is 1. The topological polar surface area (TPSA) is 30.9 Å². The van der Waals surface area contributed by atoms with Gasteiger partial charge in [0.2, 0.25) is 0 Å². The van der Waals surface area contributed by atoms with E-state index >= 15 is 0 Å². The Morgan fingerprint density at radius 2 is 1.48 bits per heavy atom. The molecule has 116 valence electrons. The molecule has 1 aromatic carbocycles. The molecule has 3 aliphatic heterocycles. The zero-order valence-electron chi connectivity index (χ0n) is 13.0. The Kier molecular flexibility index (Phi) is 5.07. The molecular weight excluding hydrogens is 389 g/mol. The number of benzene rings is 1. The van der Waals surface area contributed by atoms with Gasteiger partial charge in [-0.3, -0.25) is 0 Å². The number of rotatable bonds is 3. The molecule has 3 fully saturated rings. The molecule has 3 heterocycles. The molecule has 0 amide bonds. The fraction of sp³-hybridized carbons (Fsp3) is 0.600. The van der Waals surface area contributed by atoms with Crippen molar-refractivity contribution >= 4 is 32.9 Å². The molecule has 3 aliphatic rings. The Morgan fingerprint density at radius 3 is 2.00 bits per heavy atom. The second-order valence-electron chi connectivity index (χ2n) is 6.50. The van der Waals surface area contributed by atoms with E-state index in [1.165, 1.54) is 5.19 Å². The summed E-state index contributed by atoms with van der Waals surface area (Å²) in [6.07, 6.45) is 0. The van der Waals surface area contributed by atoms with Crippen molar-refractivity contribution in [3.05, 3.63) is 30.3 Å². The van der Waals surface area contributed by atoms with E-state index in [1.54, 1.807) is 0 Å². The normalized spacial score (nSPS) is 30.5. The third-order valence-corrected chi connectivity index (χ3v) is 24.4. The van der Waals surface area contributed by atoms with Crippen LogP contribution < -0.4 is 5.19 Å². The summed E-state index contributed by atoms with van der Waals surface area (Å²) in [5.41, 5.74) is 0. The van der Waals surface area contributed by atoms with Gasteiger partial charge in [0.15, 0.2) is 0 Å². The van der Waals surface area contributed by atoms with Crippen LogP contribution in [0.25, 0.3) is 0 Å². The van der Waals surface area contributed by atoms with Crippen LogP contribution in [0.2, 0.25) is 17.2 Å². The maximum absolute atomic E-state index is 6.26. The van der Waals surface area contributed by atoms with Crippen molar-refractivity contribution in [2.24, 2.45) is 0 Å². The van der Waals surface area contributed by atoms with Crippen molar-refractivity contribution in [2.45, 2.75) is 17.2 Å². The third-order valence-electron chi connectivity index (χ3n) is 4.40. The van der Waals surface area contributed by atoms with Gasteiger partial charge in [-0.2, -0.15) is 0 Å². The first-order valence-corrected chi connectivity index (χ1v) is 16.5. The van der Waals surface area contributed by atoms with Crippen molar-refractivity contribution in [1.29, 1.82) is 0 Å². The standard InChI is InChI=1S/C9H13Si.C6H12NO3.Sn/c1-10(2,3)9-7-5-4-6-8-9;8-4-1-7(2-5-9)3-6-10;/h4-8H,1H2,2-3H3;1-6H2;/q;-3;+3. The molecule has 0 saturated carbocycles. The summed E-state index contributed by atoms with van der Waals surface area (Å²) in [5.74, 6) is 0. The Labute approximate surface area is 133 Å². The second kappa shape index (κ2) is 6.68. The Bertz CT molecular complexity index is 445. The van der Waals surface area contributed by atoms with Gasteiger partial charge >= 0.3 is 134 Å². The summed E-state index contributed by atoms with van der Waals surface area (Å²) < 4.78 is 19.8. The quantitative estimate of drug-likeness (QED) is 0.702. The fourth-order valence-corrected chi connectivity index (χ4v) is 23.6. The summed E-state index contributed by atoms with van der Waals surface area (Å²) in [4.78, 5) is 2.37. The van der Waals surface area contributed by atoms with Gasteiger partial charge in [-0.05, 0) is 0 Å². The van der Waals surface area contributed by atoms with Crippen LogP contribution in [-0.2, 0) is 9.22 Å². The van der Waals surface area contributed by atoms with Gasteiger partial charge in [0.1, 0.15) is 0 Å². The first-order chi connectivity index (χ1) is 10.1. The third kappa shape index (κ3) is 3.89. The Hall–Kier alpha value is 0.0756.